The number of aromatic nitrogens is 4. The Morgan fingerprint density at radius 2 is 2.06 bits per heavy atom. The highest BCUT2D eigenvalue weighted by Gasteiger charge is 2.27. The highest BCUT2D eigenvalue weighted by Crippen LogP contribution is 2.50. The number of ether oxygens (including phenoxy) is 1. The molecule has 4 rings (SSSR count). The molecule has 0 spiro atoms. The smallest absolute Gasteiger partial charge is 0.403 e. The molecule has 0 bridgehead atoms. The van der Waals surface area contributed by atoms with E-state index in [1.165, 1.54) is 12.4 Å². The largest absolute Gasteiger partial charge is 0.433 e. The fourth-order valence-electron chi connectivity index (χ4n) is 3.09. The van der Waals surface area contributed by atoms with Crippen LogP contribution in [-0.4, -0.2) is 37.4 Å². The van der Waals surface area contributed by atoms with Gasteiger partial charge in [0.15, 0.2) is 11.2 Å². The summed E-state index contributed by atoms with van der Waals surface area (Å²) in [6, 6.07) is 9.28. The van der Waals surface area contributed by atoms with E-state index in [1.54, 1.807) is 28.8 Å². The maximum atomic E-state index is 13.4. The number of hydrogen-bond acceptors (Lipinski definition) is 11. The predicted octanol–water partition coefficient (Wildman–Crippen LogP) is 3.46. The first-order chi connectivity index (χ1) is 17.2. The molecule has 1 atom stereocenters. The number of halogens is 1. The standard InChI is InChI=1S/C20H20ClN6O8P/c21-14-3-1-2-13(8-14)9-33-36(31,34-10-15-4-5-16(35-15)27(29)30)12-32-7-6-26-11-23-17-18(26)24-20(22)25-19(17)28/h1-5,8,11H,6-7,9-10,12H2,(H3,22,24,25,28). The molecule has 0 fully saturated rings. The third-order valence-corrected chi connectivity index (χ3v) is 6.55. The van der Waals surface area contributed by atoms with Crippen LogP contribution >= 0.6 is 19.2 Å². The van der Waals surface area contributed by atoms with Crippen molar-refractivity contribution in [1.82, 2.24) is 19.5 Å². The number of anilines is 1. The van der Waals surface area contributed by atoms with Gasteiger partial charge in [-0.15, -0.1) is 0 Å². The van der Waals surface area contributed by atoms with Crippen molar-refractivity contribution in [3.8, 4) is 0 Å². The second kappa shape index (κ2) is 11.0. The van der Waals surface area contributed by atoms with E-state index in [2.05, 4.69) is 15.0 Å². The van der Waals surface area contributed by atoms with Gasteiger partial charge in [-0.3, -0.25) is 29.0 Å². The number of nitro groups is 1. The zero-order valence-corrected chi connectivity index (χ0v) is 20.2. The van der Waals surface area contributed by atoms with Crippen LogP contribution in [0.4, 0.5) is 11.8 Å². The summed E-state index contributed by atoms with van der Waals surface area (Å²) in [6.45, 7) is -0.176. The van der Waals surface area contributed by atoms with Crippen LogP contribution in [-0.2, 0) is 38.1 Å². The van der Waals surface area contributed by atoms with Crippen molar-refractivity contribution in [3.05, 3.63) is 79.5 Å². The van der Waals surface area contributed by atoms with Crippen LogP contribution in [0.1, 0.15) is 11.3 Å². The first-order valence-electron chi connectivity index (χ1n) is 10.4. The number of nitrogen functional groups attached to an aromatic ring is 1. The van der Waals surface area contributed by atoms with Gasteiger partial charge in [0.05, 0.1) is 25.6 Å². The molecule has 1 unspecified atom stereocenters. The molecule has 1 aromatic carbocycles. The van der Waals surface area contributed by atoms with E-state index in [9.17, 15) is 19.5 Å². The summed E-state index contributed by atoms with van der Waals surface area (Å²) < 4.78 is 36.6. The summed E-state index contributed by atoms with van der Waals surface area (Å²) in [5, 5.41) is 11.3. The molecule has 0 aliphatic carbocycles. The zero-order valence-electron chi connectivity index (χ0n) is 18.5. The lowest BCUT2D eigenvalue weighted by Gasteiger charge is -2.18. The number of imidazole rings is 1. The molecule has 0 aliphatic rings. The lowest BCUT2D eigenvalue weighted by Crippen LogP contribution is -2.13. The van der Waals surface area contributed by atoms with Gasteiger partial charge in [0.2, 0.25) is 5.95 Å². The van der Waals surface area contributed by atoms with Gasteiger partial charge >= 0.3 is 13.5 Å². The topological polar surface area (TPSA) is 191 Å². The number of benzene rings is 1. The second-order valence-electron chi connectivity index (χ2n) is 7.38. The molecule has 0 saturated carbocycles. The third kappa shape index (κ3) is 6.36. The first kappa shape index (κ1) is 25.5. The Labute approximate surface area is 207 Å². The number of nitrogens with two attached hydrogens (primary N) is 1. The van der Waals surface area contributed by atoms with Gasteiger partial charge in [-0.2, -0.15) is 4.98 Å². The minimum atomic E-state index is -3.86. The van der Waals surface area contributed by atoms with Crippen molar-refractivity contribution in [2.75, 3.05) is 18.7 Å². The van der Waals surface area contributed by atoms with Crippen LogP contribution in [0.2, 0.25) is 5.02 Å². The SMILES string of the molecule is Nc1nc2c(ncn2CCOCP(=O)(OCc2cccc(Cl)c2)OCc2ccc([N+](=O)[O-])o2)c(=O)[nH]1. The maximum absolute atomic E-state index is 13.4. The number of nitrogens with one attached hydrogen (secondary N) is 1. The molecule has 4 aromatic rings. The molecule has 0 saturated heterocycles. The summed E-state index contributed by atoms with van der Waals surface area (Å²) in [7, 11) is -3.86. The third-order valence-electron chi connectivity index (χ3n) is 4.77. The highest BCUT2D eigenvalue weighted by molar-refractivity contribution is 7.53. The molecule has 0 aliphatic heterocycles. The van der Waals surface area contributed by atoms with E-state index in [0.717, 1.165) is 6.07 Å². The fourth-order valence-corrected chi connectivity index (χ4v) is 4.55. The minimum absolute atomic E-state index is 0.0416. The van der Waals surface area contributed by atoms with Crippen molar-refractivity contribution in [1.29, 1.82) is 0 Å². The Morgan fingerprint density at radius 1 is 1.25 bits per heavy atom. The predicted molar refractivity (Wildman–Crippen MR) is 127 cm³/mol. The van der Waals surface area contributed by atoms with E-state index < -0.39 is 30.3 Å². The molecule has 36 heavy (non-hydrogen) atoms. The van der Waals surface area contributed by atoms with Crippen molar-refractivity contribution in [3.63, 3.8) is 0 Å². The van der Waals surface area contributed by atoms with Gasteiger partial charge in [0.25, 0.3) is 5.56 Å². The van der Waals surface area contributed by atoms with Crippen molar-refractivity contribution >= 4 is 42.2 Å². The number of furan rings is 1. The second-order valence-corrected chi connectivity index (χ2v) is 9.82. The maximum Gasteiger partial charge on any atom is 0.433 e. The normalized spacial score (nSPS) is 13.1. The molecule has 0 amide bonds. The Hall–Kier alpha value is -3.55. The lowest BCUT2D eigenvalue weighted by atomic mass is 10.2. The number of aromatic amines is 1. The quantitative estimate of drug-likeness (QED) is 0.116. The van der Waals surface area contributed by atoms with Crippen LogP contribution < -0.4 is 11.3 Å². The molecule has 190 valence electrons. The van der Waals surface area contributed by atoms with Gasteiger partial charge in [0, 0.05) is 11.6 Å². The van der Waals surface area contributed by atoms with Crippen LogP contribution in [0.15, 0.2) is 51.9 Å². The minimum Gasteiger partial charge on any atom is -0.403 e. The molecule has 16 heteroatoms. The van der Waals surface area contributed by atoms with E-state index in [0.29, 0.717) is 10.6 Å². The lowest BCUT2D eigenvalue weighted by molar-refractivity contribution is -0.402. The Bertz CT molecular complexity index is 1480. The first-order valence-corrected chi connectivity index (χ1v) is 12.5. The van der Waals surface area contributed by atoms with Crippen LogP contribution in [0.25, 0.3) is 11.2 Å². The molecule has 0 radical (unpaired) electrons. The molecule has 14 nitrogen and oxygen atoms in total. The summed E-state index contributed by atoms with van der Waals surface area (Å²) in [4.78, 5) is 32.5. The fraction of sp³-hybridized carbons (Fsp3) is 0.250. The summed E-state index contributed by atoms with van der Waals surface area (Å²) in [5.74, 6) is -0.437. The average Bonchev–Trinajstić information content (AvgIpc) is 3.47. The van der Waals surface area contributed by atoms with Gasteiger partial charge in [0.1, 0.15) is 23.6 Å². The monoisotopic (exact) mass is 538 g/mol. The van der Waals surface area contributed by atoms with Gasteiger partial charge in [-0.05, 0) is 23.8 Å². The van der Waals surface area contributed by atoms with Crippen molar-refractivity contribution in [2.45, 2.75) is 19.8 Å². The molecule has 3 heterocycles. The Morgan fingerprint density at radius 3 is 2.81 bits per heavy atom. The van der Waals surface area contributed by atoms with Gasteiger partial charge < -0.3 is 24.0 Å². The number of H-pyrrole nitrogens is 1. The van der Waals surface area contributed by atoms with Crippen molar-refractivity contribution in [2.24, 2.45) is 0 Å². The summed E-state index contributed by atoms with van der Waals surface area (Å²) in [6.07, 6.45) is 0.977. The molecule has 3 N–H and O–H groups in total. The van der Waals surface area contributed by atoms with Gasteiger partial charge in [-0.25, -0.2) is 4.98 Å². The number of rotatable bonds is 12. The van der Waals surface area contributed by atoms with Crippen molar-refractivity contribution < 1.29 is 27.7 Å². The number of fused-ring (bicyclic) bond motifs is 1. The van der Waals surface area contributed by atoms with Crippen LogP contribution in [0.5, 0.6) is 0 Å². The molecule has 3 aromatic heterocycles. The molecular formula is C20H20ClN6O8P. The van der Waals surface area contributed by atoms with E-state index in [1.807, 2.05) is 0 Å². The number of hydrogen-bond donors (Lipinski definition) is 2. The Kier molecular flexibility index (Phi) is 7.82. The molecular weight excluding hydrogens is 519 g/mol. The summed E-state index contributed by atoms with van der Waals surface area (Å²) in [5.41, 5.74) is 6.17. The Balaban J connectivity index is 1.40. The average molecular weight is 539 g/mol. The van der Waals surface area contributed by atoms with E-state index in [-0.39, 0.29) is 49.2 Å². The zero-order chi connectivity index (χ0) is 25.7. The summed E-state index contributed by atoms with van der Waals surface area (Å²) >= 11 is 5.99. The van der Waals surface area contributed by atoms with Gasteiger partial charge in [-0.1, -0.05) is 23.7 Å². The van der Waals surface area contributed by atoms with Crippen LogP contribution in [0.3, 0.4) is 0 Å². The number of nitrogens with zero attached hydrogens (tertiary/aromatic N) is 4. The van der Waals surface area contributed by atoms with E-state index in [4.69, 9.17) is 35.5 Å². The van der Waals surface area contributed by atoms with E-state index >= 15 is 0 Å². The highest BCUT2D eigenvalue weighted by atomic mass is 35.5. The van der Waals surface area contributed by atoms with Crippen LogP contribution in [0, 0.1) is 10.1 Å².